The molecule has 0 amide bonds. The molecule has 0 atom stereocenters. The first-order valence-electron chi connectivity index (χ1n) is 3.99. The Morgan fingerprint density at radius 3 is 2.85 bits per heavy atom. The van der Waals surface area contributed by atoms with E-state index in [2.05, 4.69) is 4.99 Å². The first-order chi connectivity index (χ1) is 6.16. The van der Waals surface area contributed by atoms with Crippen LogP contribution in [0.15, 0.2) is 4.99 Å². The van der Waals surface area contributed by atoms with Crippen molar-refractivity contribution >= 4 is 20.3 Å². The van der Waals surface area contributed by atoms with Gasteiger partial charge in [-0.15, -0.1) is 0 Å². The van der Waals surface area contributed by atoms with E-state index in [0.717, 1.165) is 18.8 Å². The maximum Gasteiger partial charge on any atom is 0.327 e. The summed E-state index contributed by atoms with van der Waals surface area (Å²) in [5.41, 5.74) is 0. The number of nitrogens with zero attached hydrogens (tertiary/aromatic N) is 1. The molecular formula is C7H14NO4P. The van der Waals surface area contributed by atoms with Gasteiger partial charge >= 0.3 is 5.97 Å². The summed E-state index contributed by atoms with van der Waals surface area (Å²) < 4.78 is 4.76. The van der Waals surface area contributed by atoms with E-state index in [1.54, 1.807) is 0 Å². The quantitative estimate of drug-likeness (QED) is 0.290. The Labute approximate surface area is 78.4 Å². The van der Waals surface area contributed by atoms with Gasteiger partial charge in [-0.05, 0) is 6.42 Å². The molecule has 0 bridgehead atoms. The molecule has 0 aliphatic carbocycles. The zero-order valence-corrected chi connectivity index (χ0v) is 8.41. The van der Waals surface area contributed by atoms with Crippen LogP contribution in [-0.4, -0.2) is 34.9 Å². The van der Waals surface area contributed by atoms with Crippen molar-refractivity contribution in [3.63, 3.8) is 0 Å². The SMILES string of the molecule is CCCCOC(=O)CN=CP(O)O. The van der Waals surface area contributed by atoms with Crippen molar-refractivity contribution < 1.29 is 19.3 Å². The minimum absolute atomic E-state index is 0.149. The van der Waals surface area contributed by atoms with Gasteiger partial charge in [0, 0.05) is 0 Å². The van der Waals surface area contributed by atoms with Gasteiger partial charge < -0.3 is 14.5 Å². The van der Waals surface area contributed by atoms with Crippen LogP contribution in [0.2, 0.25) is 0 Å². The lowest BCUT2D eigenvalue weighted by Gasteiger charge is -2.00. The van der Waals surface area contributed by atoms with Gasteiger partial charge in [0.25, 0.3) is 0 Å². The first-order valence-corrected chi connectivity index (χ1v) is 5.31. The number of carbonyl (C=O) groups is 1. The van der Waals surface area contributed by atoms with Crippen LogP contribution in [0.5, 0.6) is 0 Å². The lowest BCUT2D eigenvalue weighted by Crippen LogP contribution is -2.08. The van der Waals surface area contributed by atoms with Gasteiger partial charge in [-0.2, -0.15) is 0 Å². The molecule has 0 rings (SSSR count). The molecule has 0 spiro atoms. The third-order valence-corrected chi connectivity index (χ3v) is 1.54. The Hall–Kier alpha value is -0.510. The van der Waals surface area contributed by atoms with Gasteiger partial charge in [0.2, 0.25) is 8.38 Å². The van der Waals surface area contributed by atoms with Crippen LogP contribution < -0.4 is 0 Å². The fourth-order valence-corrected chi connectivity index (χ4v) is 0.792. The van der Waals surface area contributed by atoms with Gasteiger partial charge in [-0.3, -0.25) is 9.79 Å². The predicted octanol–water partition coefficient (Wildman–Crippen LogP) is 0.654. The second-order valence-corrected chi connectivity index (χ2v) is 3.22. The van der Waals surface area contributed by atoms with Gasteiger partial charge in [-0.25, -0.2) is 0 Å². The second kappa shape index (κ2) is 8.10. The van der Waals surface area contributed by atoms with E-state index in [-0.39, 0.29) is 6.54 Å². The molecule has 0 saturated carbocycles. The Balaban J connectivity index is 3.40. The number of carbonyl (C=O) groups excluding carboxylic acids is 1. The highest BCUT2D eigenvalue weighted by molar-refractivity contribution is 7.61. The summed E-state index contributed by atoms with van der Waals surface area (Å²) in [6, 6.07) is 0. The second-order valence-electron chi connectivity index (χ2n) is 2.35. The number of esters is 1. The molecule has 0 saturated heterocycles. The van der Waals surface area contributed by atoms with Crippen molar-refractivity contribution in [1.29, 1.82) is 0 Å². The molecule has 0 aliphatic rings. The molecule has 0 aromatic carbocycles. The van der Waals surface area contributed by atoms with Gasteiger partial charge in [-0.1, -0.05) is 13.3 Å². The summed E-state index contributed by atoms with van der Waals surface area (Å²) in [6.45, 7) is 2.25. The van der Waals surface area contributed by atoms with Crippen molar-refractivity contribution in [3.8, 4) is 0 Å². The highest BCUT2D eigenvalue weighted by Gasteiger charge is 1.99. The Morgan fingerprint density at radius 1 is 1.62 bits per heavy atom. The maximum atomic E-state index is 10.8. The van der Waals surface area contributed by atoms with Crippen molar-refractivity contribution in [3.05, 3.63) is 0 Å². The minimum Gasteiger partial charge on any atom is -0.464 e. The third-order valence-electron chi connectivity index (χ3n) is 1.17. The van der Waals surface area contributed by atoms with Crippen molar-refractivity contribution in [2.45, 2.75) is 19.8 Å². The minimum atomic E-state index is -2.15. The lowest BCUT2D eigenvalue weighted by molar-refractivity contribution is -0.141. The molecule has 13 heavy (non-hydrogen) atoms. The summed E-state index contributed by atoms with van der Waals surface area (Å²) in [4.78, 5) is 31.1. The van der Waals surface area contributed by atoms with Crippen molar-refractivity contribution in [1.82, 2.24) is 0 Å². The number of hydrogen-bond donors (Lipinski definition) is 2. The van der Waals surface area contributed by atoms with Crippen LogP contribution in [0.1, 0.15) is 19.8 Å². The van der Waals surface area contributed by atoms with Crippen LogP contribution in [0.25, 0.3) is 0 Å². The van der Waals surface area contributed by atoms with E-state index in [4.69, 9.17) is 14.5 Å². The molecule has 0 aliphatic heterocycles. The average Bonchev–Trinajstić information content (AvgIpc) is 2.04. The first kappa shape index (κ1) is 12.5. The van der Waals surface area contributed by atoms with Crippen LogP contribution in [-0.2, 0) is 9.53 Å². The van der Waals surface area contributed by atoms with Crippen LogP contribution >= 0.6 is 8.38 Å². The van der Waals surface area contributed by atoms with E-state index in [1.165, 1.54) is 0 Å². The number of rotatable bonds is 6. The summed E-state index contributed by atoms with van der Waals surface area (Å²) in [6.07, 6.45) is 1.80. The number of unbranched alkanes of at least 4 members (excludes halogenated alkanes) is 1. The lowest BCUT2D eigenvalue weighted by atomic mass is 10.4. The molecule has 5 nitrogen and oxygen atoms in total. The number of aliphatic imine (C=N–C) groups is 1. The fourth-order valence-electron chi connectivity index (χ4n) is 0.564. The molecule has 2 N–H and O–H groups in total. The third kappa shape index (κ3) is 9.40. The van der Waals surface area contributed by atoms with Crippen LogP contribution in [0, 0.1) is 0 Å². The van der Waals surface area contributed by atoms with Gasteiger partial charge in [0.1, 0.15) is 6.54 Å². The van der Waals surface area contributed by atoms with E-state index in [1.807, 2.05) is 6.92 Å². The molecule has 0 aromatic rings. The number of hydrogen-bond acceptors (Lipinski definition) is 5. The molecule has 0 heterocycles. The van der Waals surface area contributed by atoms with Gasteiger partial charge in [0.05, 0.1) is 12.6 Å². The standard InChI is InChI=1S/C7H14NO4P/c1-2-3-4-12-7(9)5-8-6-13(10)11/h6,10-11H,2-5H2,1H3. The monoisotopic (exact) mass is 207 g/mol. The van der Waals surface area contributed by atoms with E-state index < -0.39 is 14.3 Å². The normalized spacial score (nSPS) is 11.1. The Morgan fingerprint density at radius 2 is 2.31 bits per heavy atom. The predicted molar refractivity (Wildman–Crippen MR) is 50.6 cm³/mol. The fraction of sp³-hybridized carbons (Fsp3) is 0.714. The molecule has 0 radical (unpaired) electrons. The summed E-state index contributed by atoms with van der Waals surface area (Å²) in [5, 5.41) is 0. The average molecular weight is 207 g/mol. The highest BCUT2D eigenvalue weighted by Crippen LogP contribution is 2.16. The summed E-state index contributed by atoms with van der Waals surface area (Å²) in [7, 11) is -2.15. The van der Waals surface area contributed by atoms with Crippen molar-refractivity contribution in [2.75, 3.05) is 13.2 Å². The molecule has 6 heteroatoms. The van der Waals surface area contributed by atoms with Crippen LogP contribution in [0.3, 0.4) is 0 Å². The zero-order valence-electron chi connectivity index (χ0n) is 7.51. The topological polar surface area (TPSA) is 79.1 Å². The highest BCUT2D eigenvalue weighted by atomic mass is 31.2. The van der Waals surface area contributed by atoms with E-state index >= 15 is 0 Å². The summed E-state index contributed by atoms with van der Waals surface area (Å²) >= 11 is 0. The molecule has 76 valence electrons. The van der Waals surface area contributed by atoms with Crippen LogP contribution in [0.4, 0.5) is 0 Å². The van der Waals surface area contributed by atoms with Crippen molar-refractivity contribution in [2.24, 2.45) is 4.99 Å². The Kier molecular flexibility index (Phi) is 7.79. The molecular weight excluding hydrogens is 193 g/mol. The maximum absolute atomic E-state index is 10.8. The Bertz CT molecular complexity index is 172. The van der Waals surface area contributed by atoms with E-state index in [9.17, 15) is 4.79 Å². The van der Waals surface area contributed by atoms with Gasteiger partial charge in [0.15, 0.2) is 0 Å². The summed E-state index contributed by atoms with van der Waals surface area (Å²) in [5.74, 6) is 0.498. The molecule has 0 fully saturated rings. The van der Waals surface area contributed by atoms with E-state index in [0.29, 0.717) is 6.61 Å². The number of ether oxygens (including phenoxy) is 1. The molecule has 0 aromatic heterocycles. The smallest absolute Gasteiger partial charge is 0.327 e. The molecule has 0 unspecified atom stereocenters. The largest absolute Gasteiger partial charge is 0.464 e. The zero-order chi connectivity index (χ0) is 10.1.